The predicted molar refractivity (Wildman–Crippen MR) is 63.7 cm³/mol. The molecule has 14 heavy (non-hydrogen) atoms. The molecule has 0 heteroatoms. The molecule has 0 saturated heterocycles. The summed E-state index contributed by atoms with van der Waals surface area (Å²) in [5.41, 5.74) is 4.41. The first-order chi connectivity index (χ1) is 6.57. The summed E-state index contributed by atoms with van der Waals surface area (Å²) in [4.78, 5) is 0. The average Bonchev–Trinajstić information content (AvgIpc) is 2.16. The second-order valence-corrected chi connectivity index (χ2v) is 4.48. The van der Waals surface area contributed by atoms with Crippen LogP contribution in [0.25, 0.3) is 0 Å². The van der Waals surface area contributed by atoms with Crippen molar-refractivity contribution in [2.75, 3.05) is 0 Å². The molecule has 1 aromatic carbocycles. The van der Waals surface area contributed by atoms with Crippen LogP contribution >= 0.6 is 0 Å². The molecule has 1 rings (SSSR count). The van der Waals surface area contributed by atoms with Crippen LogP contribution in [0.2, 0.25) is 0 Å². The maximum atomic E-state index is 4.00. The van der Waals surface area contributed by atoms with E-state index in [1.807, 2.05) is 0 Å². The summed E-state index contributed by atoms with van der Waals surface area (Å²) in [5.74, 6) is 1.21. The van der Waals surface area contributed by atoms with Crippen LogP contribution in [0.1, 0.15) is 56.2 Å². The largest absolute Gasteiger partial charge is 0.0617 e. The molecule has 1 aromatic rings. The second kappa shape index (κ2) is 4.63. The van der Waals surface area contributed by atoms with Crippen molar-refractivity contribution in [3.63, 3.8) is 0 Å². The molecule has 0 bridgehead atoms. The monoisotopic (exact) mass is 189 g/mol. The molecule has 0 amide bonds. The first-order valence-electron chi connectivity index (χ1n) is 5.48. The Bertz CT molecular complexity index is 295. The van der Waals surface area contributed by atoms with Crippen molar-refractivity contribution in [3.05, 3.63) is 41.8 Å². The Kier molecular flexibility index (Phi) is 3.74. The van der Waals surface area contributed by atoms with Crippen molar-refractivity contribution in [3.8, 4) is 0 Å². The molecule has 77 valence electrons. The van der Waals surface area contributed by atoms with Crippen LogP contribution in [0.15, 0.2) is 18.2 Å². The van der Waals surface area contributed by atoms with Gasteiger partial charge in [0.2, 0.25) is 0 Å². The third kappa shape index (κ3) is 2.17. The fraction of sp³-hybridized carbons (Fsp3) is 0.500. The minimum Gasteiger partial charge on any atom is -0.0617 e. The predicted octanol–water partition coefficient (Wildman–Crippen LogP) is 4.31. The van der Waals surface area contributed by atoms with Crippen LogP contribution in [-0.4, -0.2) is 0 Å². The van der Waals surface area contributed by atoms with Gasteiger partial charge in [0, 0.05) is 0 Å². The lowest BCUT2D eigenvalue weighted by Gasteiger charge is -2.19. The van der Waals surface area contributed by atoms with Crippen molar-refractivity contribution in [2.24, 2.45) is 0 Å². The first-order valence-corrected chi connectivity index (χ1v) is 5.48. The van der Waals surface area contributed by atoms with Crippen molar-refractivity contribution >= 4 is 0 Å². The highest BCUT2D eigenvalue weighted by Gasteiger charge is 2.12. The summed E-state index contributed by atoms with van der Waals surface area (Å²) >= 11 is 0. The Morgan fingerprint density at radius 3 is 2.14 bits per heavy atom. The van der Waals surface area contributed by atoms with Crippen molar-refractivity contribution in [2.45, 2.75) is 46.0 Å². The molecule has 0 fully saturated rings. The third-order valence-corrected chi connectivity index (χ3v) is 2.70. The fourth-order valence-corrected chi connectivity index (χ4v) is 2.06. The molecule has 0 N–H and O–H groups in total. The van der Waals surface area contributed by atoms with E-state index in [1.165, 1.54) is 16.7 Å². The summed E-state index contributed by atoms with van der Waals surface area (Å²) in [7, 11) is 0. The maximum absolute atomic E-state index is 4.00. The van der Waals surface area contributed by atoms with E-state index in [9.17, 15) is 0 Å². The van der Waals surface area contributed by atoms with E-state index in [2.05, 4.69) is 52.8 Å². The minimum atomic E-state index is 0.602. The second-order valence-electron chi connectivity index (χ2n) is 4.48. The van der Waals surface area contributed by atoms with E-state index in [-0.39, 0.29) is 0 Å². The van der Waals surface area contributed by atoms with Crippen molar-refractivity contribution in [1.29, 1.82) is 0 Å². The summed E-state index contributed by atoms with van der Waals surface area (Å²) in [6.45, 7) is 13.0. The molecule has 0 aliphatic carbocycles. The summed E-state index contributed by atoms with van der Waals surface area (Å²) in [6.07, 6.45) is 0.897. The molecule has 0 aromatic heterocycles. The fourth-order valence-electron chi connectivity index (χ4n) is 2.06. The zero-order chi connectivity index (χ0) is 10.7. The Morgan fingerprint density at radius 1 is 1.07 bits per heavy atom. The zero-order valence-corrected chi connectivity index (χ0v) is 9.80. The molecule has 0 spiro atoms. The van der Waals surface area contributed by atoms with Gasteiger partial charge in [-0.1, -0.05) is 45.9 Å². The first kappa shape index (κ1) is 11.3. The van der Waals surface area contributed by atoms with Gasteiger partial charge >= 0.3 is 0 Å². The average molecular weight is 189 g/mol. The standard InChI is InChI=1S/C14H21/c1-6-12-8-7-9-13(10(2)3)14(12)11(4)5/h7-11H,1,6H2,2-5H3. The summed E-state index contributed by atoms with van der Waals surface area (Å²) in [6, 6.07) is 6.61. The van der Waals surface area contributed by atoms with Crippen LogP contribution in [0.4, 0.5) is 0 Å². The van der Waals surface area contributed by atoms with E-state index < -0.39 is 0 Å². The lowest BCUT2D eigenvalue weighted by atomic mass is 9.86. The van der Waals surface area contributed by atoms with E-state index in [0.29, 0.717) is 11.8 Å². The molecule has 0 atom stereocenters. The lowest BCUT2D eigenvalue weighted by molar-refractivity contribution is 0.779. The molecule has 0 aliphatic heterocycles. The molecular formula is C14H21. The molecule has 0 saturated carbocycles. The Morgan fingerprint density at radius 2 is 1.71 bits per heavy atom. The summed E-state index contributed by atoms with van der Waals surface area (Å²) in [5, 5.41) is 0. The van der Waals surface area contributed by atoms with Crippen molar-refractivity contribution < 1.29 is 0 Å². The van der Waals surface area contributed by atoms with Gasteiger partial charge in [-0.3, -0.25) is 0 Å². The maximum Gasteiger partial charge on any atom is -0.0213 e. The van der Waals surface area contributed by atoms with Crippen LogP contribution < -0.4 is 0 Å². The van der Waals surface area contributed by atoms with E-state index in [0.717, 1.165) is 6.42 Å². The lowest BCUT2D eigenvalue weighted by Crippen LogP contribution is -2.02. The van der Waals surface area contributed by atoms with Gasteiger partial charge in [-0.2, -0.15) is 0 Å². The molecule has 0 heterocycles. The molecule has 1 radical (unpaired) electrons. The van der Waals surface area contributed by atoms with Crippen LogP contribution in [0, 0.1) is 6.92 Å². The number of hydrogen-bond acceptors (Lipinski definition) is 0. The van der Waals surface area contributed by atoms with Crippen molar-refractivity contribution in [1.82, 2.24) is 0 Å². The third-order valence-electron chi connectivity index (χ3n) is 2.70. The minimum absolute atomic E-state index is 0.602. The van der Waals surface area contributed by atoms with E-state index in [4.69, 9.17) is 0 Å². The van der Waals surface area contributed by atoms with Crippen LogP contribution in [0.3, 0.4) is 0 Å². The van der Waals surface area contributed by atoms with E-state index in [1.54, 1.807) is 0 Å². The van der Waals surface area contributed by atoms with Gasteiger partial charge in [-0.15, -0.1) is 0 Å². The zero-order valence-electron chi connectivity index (χ0n) is 9.80. The van der Waals surface area contributed by atoms with Gasteiger partial charge < -0.3 is 0 Å². The normalized spacial score (nSPS) is 11.4. The van der Waals surface area contributed by atoms with Gasteiger partial charge in [-0.05, 0) is 41.9 Å². The highest BCUT2D eigenvalue weighted by molar-refractivity contribution is 5.39. The summed E-state index contributed by atoms with van der Waals surface area (Å²) < 4.78 is 0. The Hall–Kier alpha value is -0.780. The van der Waals surface area contributed by atoms with E-state index >= 15 is 0 Å². The van der Waals surface area contributed by atoms with Gasteiger partial charge in [0.05, 0.1) is 0 Å². The van der Waals surface area contributed by atoms with Gasteiger partial charge in [0.25, 0.3) is 0 Å². The smallest absolute Gasteiger partial charge is 0.0213 e. The number of benzene rings is 1. The highest BCUT2D eigenvalue weighted by Crippen LogP contribution is 2.29. The Labute approximate surface area is 88.4 Å². The van der Waals surface area contributed by atoms with Gasteiger partial charge in [0.15, 0.2) is 0 Å². The van der Waals surface area contributed by atoms with Crippen LogP contribution in [-0.2, 0) is 6.42 Å². The van der Waals surface area contributed by atoms with Gasteiger partial charge in [0.1, 0.15) is 0 Å². The molecule has 0 nitrogen and oxygen atoms in total. The molecule has 0 unspecified atom stereocenters. The quantitative estimate of drug-likeness (QED) is 0.664. The Balaban J connectivity index is 3.28. The number of rotatable bonds is 3. The SMILES string of the molecule is [CH2]Cc1cccc(C(C)C)c1C(C)C. The van der Waals surface area contributed by atoms with Crippen LogP contribution in [0.5, 0.6) is 0 Å². The highest BCUT2D eigenvalue weighted by atomic mass is 14.2. The number of hydrogen-bond donors (Lipinski definition) is 0. The van der Waals surface area contributed by atoms with Gasteiger partial charge in [-0.25, -0.2) is 0 Å². The molecular weight excluding hydrogens is 168 g/mol. The topological polar surface area (TPSA) is 0 Å². The molecule has 0 aliphatic rings.